The maximum atomic E-state index is 12.5. The SMILES string of the molecule is CCCCOC(=O)N1C(=O)CC[C@H]1C(C)(C)c1ccc(-c2ccccc2)cc1. The highest BCUT2D eigenvalue weighted by Gasteiger charge is 2.45. The summed E-state index contributed by atoms with van der Waals surface area (Å²) in [6.07, 6.45) is 2.30. The summed E-state index contributed by atoms with van der Waals surface area (Å²) in [6, 6.07) is 18.5. The second-order valence-electron chi connectivity index (χ2n) is 7.95. The molecular formula is C24H29NO3. The van der Waals surface area contributed by atoms with Gasteiger partial charge in [-0.15, -0.1) is 0 Å². The molecule has 0 N–H and O–H groups in total. The van der Waals surface area contributed by atoms with Gasteiger partial charge in [-0.1, -0.05) is 81.8 Å². The van der Waals surface area contributed by atoms with Crippen molar-refractivity contribution >= 4 is 12.0 Å². The number of rotatable bonds is 6. The van der Waals surface area contributed by atoms with E-state index in [1.807, 2.05) is 25.1 Å². The van der Waals surface area contributed by atoms with Crippen LogP contribution < -0.4 is 0 Å². The number of unbranched alkanes of at least 4 members (excludes halogenated alkanes) is 1. The lowest BCUT2D eigenvalue weighted by Crippen LogP contribution is -2.48. The van der Waals surface area contributed by atoms with Gasteiger partial charge >= 0.3 is 6.09 Å². The van der Waals surface area contributed by atoms with E-state index in [1.165, 1.54) is 10.5 Å². The van der Waals surface area contributed by atoms with Gasteiger partial charge in [-0.3, -0.25) is 4.79 Å². The molecule has 1 fully saturated rings. The van der Waals surface area contributed by atoms with Gasteiger partial charge in [0.15, 0.2) is 0 Å². The Bertz CT molecular complexity index is 812. The van der Waals surface area contributed by atoms with Crippen molar-refractivity contribution in [2.75, 3.05) is 6.61 Å². The Kier molecular flexibility index (Phi) is 6.18. The summed E-state index contributed by atoms with van der Waals surface area (Å²) in [5, 5.41) is 0. The summed E-state index contributed by atoms with van der Waals surface area (Å²) in [4.78, 5) is 26.3. The number of likely N-dealkylation sites (tertiary alicyclic amines) is 1. The lowest BCUT2D eigenvalue weighted by Gasteiger charge is -2.36. The normalized spacial score (nSPS) is 17.0. The van der Waals surface area contributed by atoms with E-state index in [0.717, 1.165) is 24.0 Å². The fourth-order valence-electron chi connectivity index (χ4n) is 3.88. The second kappa shape index (κ2) is 8.59. The molecule has 2 aromatic carbocycles. The number of carbonyl (C=O) groups is 2. The van der Waals surface area contributed by atoms with E-state index in [9.17, 15) is 9.59 Å². The number of hydrogen-bond donors (Lipinski definition) is 0. The van der Waals surface area contributed by atoms with Crippen LogP contribution in [0.4, 0.5) is 4.79 Å². The van der Waals surface area contributed by atoms with Gasteiger partial charge in [0.2, 0.25) is 5.91 Å². The topological polar surface area (TPSA) is 46.6 Å². The Balaban J connectivity index is 1.80. The fourth-order valence-corrected chi connectivity index (χ4v) is 3.88. The molecule has 1 aliphatic rings. The van der Waals surface area contributed by atoms with Gasteiger partial charge in [0.25, 0.3) is 0 Å². The van der Waals surface area contributed by atoms with Crippen molar-refractivity contribution in [3.05, 3.63) is 60.2 Å². The zero-order valence-electron chi connectivity index (χ0n) is 17.0. The zero-order chi connectivity index (χ0) is 20.1. The van der Waals surface area contributed by atoms with Gasteiger partial charge in [-0.2, -0.15) is 0 Å². The van der Waals surface area contributed by atoms with Gasteiger partial charge < -0.3 is 4.74 Å². The van der Waals surface area contributed by atoms with E-state index in [4.69, 9.17) is 4.74 Å². The third-order valence-corrected chi connectivity index (χ3v) is 5.70. The second-order valence-corrected chi connectivity index (χ2v) is 7.95. The summed E-state index contributed by atoms with van der Waals surface area (Å²) in [5.41, 5.74) is 3.08. The van der Waals surface area contributed by atoms with Crippen LogP contribution in [0, 0.1) is 0 Å². The fraction of sp³-hybridized carbons (Fsp3) is 0.417. The highest BCUT2D eigenvalue weighted by Crippen LogP contribution is 2.38. The summed E-state index contributed by atoms with van der Waals surface area (Å²) in [7, 11) is 0. The number of carbonyl (C=O) groups excluding carboxylic acids is 2. The average molecular weight is 380 g/mol. The first-order valence-corrected chi connectivity index (χ1v) is 10.1. The van der Waals surface area contributed by atoms with Crippen molar-refractivity contribution in [3.63, 3.8) is 0 Å². The maximum Gasteiger partial charge on any atom is 0.416 e. The molecule has 0 radical (unpaired) electrons. The van der Waals surface area contributed by atoms with E-state index < -0.39 is 6.09 Å². The molecule has 0 bridgehead atoms. The van der Waals surface area contributed by atoms with Crippen LogP contribution in [-0.2, 0) is 14.9 Å². The molecule has 2 aromatic rings. The van der Waals surface area contributed by atoms with E-state index in [-0.39, 0.29) is 17.4 Å². The maximum absolute atomic E-state index is 12.5. The molecule has 1 atom stereocenters. The van der Waals surface area contributed by atoms with Crippen molar-refractivity contribution in [3.8, 4) is 11.1 Å². The third-order valence-electron chi connectivity index (χ3n) is 5.70. The number of amides is 2. The highest BCUT2D eigenvalue weighted by molar-refractivity contribution is 5.94. The number of ether oxygens (including phenoxy) is 1. The molecule has 28 heavy (non-hydrogen) atoms. The van der Waals surface area contributed by atoms with Crippen LogP contribution in [0.2, 0.25) is 0 Å². The first kappa shape index (κ1) is 20.1. The van der Waals surface area contributed by atoms with Gasteiger partial charge in [0.1, 0.15) is 0 Å². The smallest absolute Gasteiger partial charge is 0.416 e. The molecule has 1 heterocycles. The Morgan fingerprint density at radius 1 is 1.07 bits per heavy atom. The monoisotopic (exact) mass is 379 g/mol. The molecule has 4 heteroatoms. The largest absolute Gasteiger partial charge is 0.449 e. The quantitative estimate of drug-likeness (QED) is 0.617. The van der Waals surface area contributed by atoms with Crippen molar-refractivity contribution < 1.29 is 14.3 Å². The van der Waals surface area contributed by atoms with E-state index in [2.05, 4.69) is 50.2 Å². The first-order valence-electron chi connectivity index (χ1n) is 10.1. The van der Waals surface area contributed by atoms with Crippen LogP contribution in [0.1, 0.15) is 52.0 Å². The molecule has 1 aliphatic heterocycles. The van der Waals surface area contributed by atoms with Gasteiger partial charge in [-0.25, -0.2) is 9.69 Å². The molecule has 0 aliphatic carbocycles. The van der Waals surface area contributed by atoms with Crippen molar-refractivity contribution in [1.82, 2.24) is 4.90 Å². The molecule has 0 spiro atoms. The first-order chi connectivity index (χ1) is 13.4. The van der Waals surface area contributed by atoms with Gasteiger partial charge in [0.05, 0.1) is 12.6 Å². The molecule has 3 rings (SSSR count). The molecule has 0 aromatic heterocycles. The molecular weight excluding hydrogens is 350 g/mol. The molecule has 1 saturated heterocycles. The summed E-state index contributed by atoms with van der Waals surface area (Å²) in [5.74, 6) is -0.138. The molecule has 0 saturated carbocycles. The Morgan fingerprint density at radius 3 is 2.36 bits per heavy atom. The van der Waals surface area contributed by atoms with Crippen LogP contribution in [0.5, 0.6) is 0 Å². The van der Waals surface area contributed by atoms with Crippen LogP contribution in [0.3, 0.4) is 0 Å². The lowest BCUT2D eigenvalue weighted by atomic mass is 9.76. The van der Waals surface area contributed by atoms with Crippen LogP contribution in [0.25, 0.3) is 11.1 Å². The molecule has 2 amide bonds. The minimum atomic E-state index is -0.505. The van der Waals surface area contributed by atoms with Gasteiger partial charge in [-0.05, 0) is 29.5 Å². The Labute approximate surface area is 167 Å². The lowest BCUT2D eigenvalue weighted by molar-refractivity contribution is -0.128. The average Bonchev–Trinajstić information content (AvgIpc) is 3.11. The Hall–Kier alpha value is -2.62. The predicted molar refractivity (Wildman–Crippen MR) is 111 cm³/mol. The number of hydrogen-bond acceptors (Lipinski definition) is 3. The minimum Gasteiger partial charge on any atom is -0.449 e. The van der Waals surface area contributed by atoms with E-state index >= 15 is 0 Å². The summed E-state index contributed by atoms with van der Waals surface area (Å²) >= 11 is 0. The Morgan fingerprint density at radius 2 is 1.71 bits per heavy atom. The molecule has 148 valence electrons. The summed E-state index contributed by atoms with van der Waals surface area (Å²) < 4.78 is 5.34. The predicted octanol–water partition coefficient (Wildman–Crippen LogP) is 5.56. The van der Waals surface area contributed by atoms with Gasteiger partial charge in [0, 0.05) is 11.8 Å². The van der Waals surface area contributed by atoms with Crippen LogP contribution in [0.15, 0.2) is 54.6 Å². The van der Waals surface area contributed by atoms with E-state index in [0.29, 0.717) is 19.4 Å². The zero-order valence-corrected chi connectivity index (χ0v) is 17.0. The number of imide groups is 1. The molecule has 0 unspecified atom stereocenters. The number of nitrogens with zero attached hydrogens (tertiary/aromatic N) is 1. The number of benzene rings is 2. The summed E-state index contributed by atoms with van der Waals surface area (Å²) in [6.45, 7) is 6.60. The van der Waals surface area contributed by atoms with Crippen molar-refractivity contribution in [2.24, 2.45) is 0 Å². The van der Waals surface area contributed by atoms with Crippen molar-refractivity contribution in [2.45, 2.75) is 57.9 Å². The van der Waals surface area contributed by atoms with Crippen LogP contribution in [-0.4, -0.2) is 29.5 Å². The van der Waals surface area contributed by atoms with Crippen molar-refractivity contribution in [1.29, 1.82) is 0 Å². The third kappa shape index (κ3) is 4.11. The minimum absolute atomic E-state index is 0.138. The standard InChI is InChI=1S/C24H29NO3/c1-4-5-17-28-23(27)25-21(15-16-22(25)26)24(2,3)20-13-11-19(12-14-20)18-9-7-6-8-10-18/h6-14,21H,4-5,15-17H2,1-3H3/t21-/m0/s1. The molecule has 4 nitrogen and oxygen atoms in total. The van der Waals surface area contributed by atoms with Crippen LogP contribution >= 0.6 is 0 Å². The van der Waals surface area contributed by atoms with E-state index in [1.54, 1.807) is 0 Å². The highest BCUT2D eigenvalue weighted by atomic mass is 16.6.